The van der Waals surface area contributed by atoms with E-state index in [1.165, 1.54) is 19.3 Å². The number of amides is 1. The molecule has 118 valence electrons. The highest BCUT2D eigenvalue weighted by Crippen LogP contribution is 2.22. The van der Waals surface area contributed by atoms with Gasteiger partial charge >= 0.3 is 0 Å². The van der Waals surface area contributed by atoms with Gasteiger partial charge < -0.3 is 14.3 Å². The van der Waals surface area contributed by atoms with Crippen molar-refractivity contribution in [2.45, 2.75) is 49.1 Å². The Morgan fingerprint density at radius 1 is 1.41 bits per heavy atom. The summed E-state index contributed by atoms with van der Waals surface area (Å²) >= 11 is 1.59. The van der Waals surface area contributed by atoms with Crippen molar-refractivity contribution in [3.05, 3.63) is 36.0 Å². The number of nitrogens with one attached hydrogen (secondary N) is 1. The smallest absolute Gasteiger partial charge is 0.287 e. The topological polar surface area (TPSA) is 60.1 Å². The molecule has 2 aromatic rings. The van der Waals surface area contributed by atoms with Crippen molar-refractivity contribution in [3.63, 3.8) is 0 Å². The summed E-state index contributed by atoms with van der Waals surface area (Å²) in [5.41, 5.74) is 0. The number of carbonyl (C=O) groups is 1. The SMILES string of the molecule is Cn1ccnc1SCc1ccc(C(=O)NC2CCCCC2)o1. The molecule has 1 fully saturated rings. The van der Waals surface area contributed by atoms with Gasteiger partial charge in [0.25, 0.3) is 5.91 Å². The first-order chi connectivity index (χ1) is 10.7. The lowest BCUT2D eigenvalue weighted by molar-refractivity contribution is 0.0898. The zero-order valence-corrected chi connectivity index (χ0v) is 13.6. The van der Waals surface area contributed by atoms with Crippen LogP contribution >= 0.6 is 11.8 Å². The second kappa shape index (κ2) is 7.05. The van der Waals surface area contributed by atoms with Crippen molar-refractivity contribution in [1.29, 1.82) is 0 Å². The highest BCUT2D eigenvalue weighted by atomic mass is 32.2. The summed E-state index contributed by atoms with van der Waals surface area (Å²) < 4.78 is 7.62. The number of rotatable bonds is 5. The Labute approximate surface area is 134 Å². The van der Waals surface area contributed by atoms with Crippen LogP contribution in [0.15, 0.2) is 34.1 Å². The second-order valence-electron chi connectivity index (χ2n) is 5.68. The van der Waals surface area contributed by atoms with Crippen LogP contribution in [0.25, 0.3) is 0 Å². The van der Waals surface area contributed by atoms with Gasteiger partial charge in [-0.2, -0.15) is 0 Å². The van der Waals surface area contributed by atoms with Crippen LogP contribution in [0.2, 0.25) is 0 Å². The molecular weight excluding hydrogens is 298 g/mol. The van der Waals surface area contributed by atoms with Crippen molar-refractivity contribution in [2.24, 2.45) is 7.05 Å². The van der Waals surface area contributed by atoms with Gasteiger partial charge in [-0.15, -0.1) is 0 Å². The third kappa shape index (κ3) is 3.74. The third-order valence-corrected chi connectivity index (χ3v) is 5.03. The van der Waals surface area contributed by atoms with E-state index in [2.05, 4.69) is 10.3 Å². The van der Waals surface area contributed by atoms with Crippen molar-refractivity contribution in [2.75, 3.05) is 0 Å². The number of aromatic nitrogens is 2. The largest absolute Gasteiger partial charge is 0.455 e. The first-order valence-corrected chi connectivity index (χ1v) is 8.70. The highest BCUT2D eigenvalue weighted by molar-refractivity contribution is 7.98. The predicted molar refractivity (Wildman–Crippen MR) is 85.8 cm³/mol. The predicted octanol–water partition coefficient (Wildman–Crippen LogP) is 3.37. The Morgan fingerprint density at radius 3 is 2.95 bits per heavy atom. The molecule has 2 heterocycles. The Kier molecular flexibility index (Phi) is 4.87. The molecule has 22 heavy (non-hydrogen) atoms. The number of furan rings is 1. The van der Waals surface area contributed by atoms with Gasteiger partial charge in [0, 0.05) is 25.5 Å². The lowest BCUT2D eigenvalue weighted by Crippen LogP contribution is -2.35. The minimum atomic E-state index is -0.0971. The van der Waals surface area contributed by atoms with Gasteiger partial charge in [-0.25, -0.2) is 4.98 Å². The molecule has 1 aliphatic rings. The molecule has 1 N–H and O–H groups in total. The molecule has 0 aliphatic heterocycles. The fourth-order valence-corrected chi connectivity index (χ4v) is 3.53. The van der Waals surface area contributed by atoms with Gasteiger partial charge in [0.1, 0.15) is 5.76 Å². The van der Waals surface area contributed by atoms with E-state index in [-0.39, 0.29) is 5.91 Å². The molecule has 5 nitrogen and oxygen atoms in total. The Balaban J connectivity index is 1.53. The van der Waals surface area contributed by atoms with Crippen LogP contribution < -0.4 is 5.32 Å². The number of imidazole rings is 1. The minimum absolute atomic E-state index is 0.0971. The number of carbonyl (C=O) groups excluding carboxylic acids is 1. The van der Waals surface area contributed by atoms with Crippen LogP contribution in [0.1, 0.15) is 48.4 Å². The molecule has 0 atom stereocenters. The molecule has 0 unspecified atom stereocenters. The van der Waals surface area contributed by atoms with E-state index in [0.29, 0.717) is 17.6 Å². The van der Waals surface area contributed by atoms with Crippen LogP contribution in [0.5, 0.6) is 0 Å². The zero-order valence-electron chi connectivity index (χ0n) is 12.7. The standard InChI is InChI=1S/C16H21N3O2S/c1-19-10-9-17-16(19)22-11-13-7-8-14(21-13)15(20)18-12-5-3-2-4-6-12/h7-10,12H,2-6,11H2,1H3,(H,18,20). The van der Waals surface area contributed by atoms with Crippen molar-refractivity contribution < 1.29 is 9.21 Å². The maximum absolute atomic E-state index is 12.2. The van der Waals surface area contributed by atoms with Gasteiger partial charge in [-0.1, -0.05) is 31.0 Å². The summed E-state index contributed by atoms with van der Waals surface area (Å²) in [6.07, 6.45) is 9.52. The summed E-state index contributed by atoms with van der Waals surface area (Å²) in [5, 5.41) is 4.01. The Bertz CT molecular complexity index is 629. The van der Waals surface area contributed by atoms with E-state index in [0.717, 1.165) is 23.8 Å². The molecular formula is C16H21N3O2S. The van der Waals surface area contributed by atoms with Crippen LogP contribution in [0, 0.1) is 0 Å². The fraction of sp³-hybridized carbons (Fsp3) is 0.500. The highest BCUT2D eigenvalue weighted by Gasteiger charge is 2.18. The summed E-state index contributed by atoms with van der Waals surface area (Å²) in [7, 11) is 1.96. The summed E-state index contributed by atoms with van der Waals surface area (Å²) in [5.74, 6) is 1.77. The van der Waals surface area contributed by atoms with E-state index < -0.39 is 0 Å². The summed E-state index contributed by atoms with van der Waals surface area (Å²) in [6, 6.07) is 3.93. The summed E-state index contributed by atoms with van der Waals surface area (Å²) in [4.78, 5) is 16.4. The van der Waals surface area contributed by atoms with Gasteiger partial charge in [-0.3, -0.25) is 4.79 Å². The molecule has 0 saturated heterocycles. The Morgan fingerprint density at radius 2 is 2.23 bits per heavy atom. The molecule has 6 heteroatoms. The van der Waals surface area contributed by atoms with E-state index in [1.807, 2.05) is 23.9 Å². The van der Waals surface area contributed by atoms with Crippen LogP contribution in [0.3, 0.4) is 0 Å². The second-order valence-corrected chi connectivity index (χ2v) is 6.63. The number of nitrogens with zero attached hydrogens (tertiary/aromatic N) is 2. The lowest BCUT2D eigenvalue weighted by atomic mass is 9.95. The van der Waals surface area contributed by atoms with Crippen LogP contribution in [0.4, 0.5) is 0 Å². The molecule has 1 aliphatic carbocycles. The van der Waals surface area contributed by atoms with Crippen LogP contribution in [-0.4, -0.2) is 21.5 Å². The van der Waals surface area contributed by atoms with Crippen molar-refractivity contribution >= 4 is 17.7 Å². The first-order valence-electron chi connectivity index (χ1n) is 7.72. The maximum Gasteiger partial charge on any atom is 0.287 e. The average molecular weight is 319 g/mol. The van der Waals surface area contributed by atoms with Gasteiger partial charge in [0.05, 0.1) is 5.75 Å². The number of hydrogen-bond donors (Lipinski definition) is 1. The van der Waals surface area contributed by atoms with E-state index in [9.17, 15) is 4.79 Å². The normalized spacial score (nSPS) is 15.9. The zero-order chi connectivity index (χ0) is 15.4. The van der Waals surface area contributed by atoms with Gasteiger partial charge in [-0.05, 0) is 25.0 Å². The summed E-state index contributed by atoms with van der Waals surface area (Å²) in [6.45, 7) is 0. The monoisotopic (exact) mass is 319 g/mol. The molecule has 0 aromatic carbocycles. The molecule has 1 amide bonds. The van der Waals surface area contributed by atoms with Crippen LogP contribution in [-0.2, 0) is 12.8 Å². The van der Waals surface area contributed by atoms with Gasteiger partial charge in [0.2, 0.25) is 0 Å². The number of thioether (sulfide) groups is 1. The van der Waals surface area contributed by atoms with Gasteiger partial charge in [0.15, 0.2) is 10.9 Å². The van der Waals surface area contributed by atoms with E-state index in [1.54, 1.807) is 24.0 Å². The third-order valence-electron chi connectivity index (χ3n) is 3.95. The molecule has 3 rings (SSSR count). The molecule has 1 saturated carbocycles. The number of hydrogen-bond acceptors (Lipinski definition) is 4. The first kappa shape index (κ1) is 15.2. The molecule has 0 radical (unpaired) electrons. The minimum Gasteiger partial charge on any atom is -0.455 e. The lowest BCUT2D eigenvalue weighted by Gasteiger charge is -2.22. The molecule has 2 aromatic heterocycles. The quantitative estimate of drug-likeness (QED) is 0.858. The van der Waals surface area contributed by atoms with E-state index >= 15 is 0 Å². The van der Waals surface area contributed by atoms with E-state index in [4.69, 9.17) is 4.42 Å². The molecule has 0 spiro atoms. The van der Waals surface area contributed by atoms with Crippen molar-refractivity contribution in [1.82, 2.24) is 14.9 Å². The van der Waals surface area contributed by atoms with Crippen molar-refractivity contribution in [3.8, 4) is 0 Å². The fourth-order valence-electron chi connectivity index (χ4n) is 2.71. The molecule has 0 bridgehead atoms. The average Bonchev–Trinajstić information content (AvgIpc) is 3.15. The Hall–Kier alpha value is -1.69. The maximum atomic E-state index is 12.2. The number of aryl methyl sites for hydroxylation is 1.